The molecule has 0 amide bonds. The van der Waals surface area contributed by atoms with Crippen LogP contribution < -0.4 is 0 Å². The summed E-state index contributed by atoms with van der Waals surface area (Å²) >= 11 is 0. The van der Waals surface area contributed by atoms with Gasteiger partial charge in [0, 0.05) is 18.6 Å². The van der Waals surface area contributed by atoms with Gasteiger partial charge in [0.15, 0.2) is 0 Å². The number of hydrogen-bond acceptors (Lipinski definition) is 2. The van der Waals surface area contributed by atoms with Crippen molar-refractivity contribution in [1.29, 1.82) is 0 Å². The molecule has 0 aliphatic carbocycles. The molecule has 0 unspecified atom stereocenters. The molecule has 1 spiro atoms. The molecule has 0 aromatic carbocycles. The van der Waals surface area contributed by atoms with Gasteiger partial charge in [0.2, 0.25) is 0 Å². The Kier molecular flexibility index (Phi) is 6.13. The summed E-state index contributed by atoms with van der Waals surface area (Å²) < 4.78 is 0. The number of rotatable bonds is 2. The summed E-state index contributed by atoms with van der Waals surface area (Å²) in [6.07, 6.45) is 4.29. The molecule has 108 valence electrons. The average Bonchev–Trinajstić information content (AvgIpc) is 2.77. The van der Waals surface area contributed by atoms with Crippen LogP contribution in [0.5, 0.6) is 0 Å². The second-order valence-corrected chi connectivity index (χ2v) is 6.44. The minimum Gasteiger partial charge on any atom is -0.301 e. The Morgan fingerprint density at radius 2 is 1.11 bits per heavy atom. The number of nitrogens with zero attached hydrogens (tertiary/aromatic N) is 2. The van der Waals surface area contributed by atoms with Crippen molar-refractivity contribution >= 4 is 0 Å². The molecule has 0 aromatic heterocycles. The molecule has 2 fully saturated rings. The Labute approximate surface area is 115 Å². The van der Waals surface area contributed by atoms with Gasteiger partial charge in [0.1, 0.15) is 0 Å². The van der Waals surface area contributed by atoms with Crippen LogP contribution in [0.3, 0.4) is 0 Å². The zero-order valence-corrected chi connectivity index (χ0v) is 13.5. The minimum absolute atomic E-state index is 0.676. The highest BCUT2D eigenvalue weighted by molar-refractivity contribution is 4.94. The molecular formula is C16H34N2. The van der Waals surface area contributed by atoms with Gasteiger partial charge < -0.3 is 9.80 Å². The number of likely N-dealkylation sites (tertiary alicyclic amines) is 2. The molecule has 0 radical (unpaired) electrons. The highest BCUT2D eigenvalue weighted by atomic mass is 15.2. The number of piperidine rings is 1. The van der Waals surface area contributed by atoms with E-state index in [4.69, 9.17) is 0 Å². The molecule has 0 N–H and O–H groups in total. The number of hydrogen-bond donors (Lipinski definition) is 0. The monoisotopic (exact) mass is 254 g/mol. The van der Waals surface area contributed by atoms with Crippen LogP contribution in [0.4, 0.5) is 0 Å². The van der Waals surface area contributed by atoms with E-state index in [-0.39, 0.29) is 0 Å². The van der Waals surface area contributed by atoms with E-state index < -0.39 is 0 Å². The summed E-state index contributed by atoms with van der Waals surface area (Å²) in [6.45, 7) is 18.7. The van der Waals surface area contributed by atoms with Crippen LogP contribution in [0.2, 0.25) is 0 Å². The first-order valence-electron chi connectivity index (χ1n) is 8.00. The summed E-state index contributed by atoms with van der Waals surface area (Å²) in [5, 5.41) is 0. The first-order valence-corrected chi connectivity index (χ1v) is 8.00. The van der Waals surface area contributed by atoms with Crippen molar-refractivity contribution in [1.82, 2.24) is 9.80 Å². The SMILES string of the molecule is CC.CC(C)N1CCC2(CC1)CCN(C(C)C)C2. The molecule has 2 heteroatoms. The lowest BCUT2D eigenvalue weighted by Crippen LogP contribution is -2.44. The second-order valence-electron chi connectivity index (χ2n) is 6.44. The predicted molar refractivity (Wildman–Crippen MR) is 81.1 cm³/mol. The van der Waals surface area contributed by atoms with E-state index in [2.05, 4.69) is 37.5 Å². The molecule has 0 saturated carbocycles. The van der Waals surface area contributed by atoms with Gasteiger partial charge in [-0.1, -0.05) is 13.8 Å². The normalized spacial score (nSPS) is 24.7. The van der Waals surface area contributed by atoms with Crippen LogP contribution in [0, 0.1) is 5.41 Å². The lowest BCUT2D eigenvalue weighted by Gasteiger charge is -2.41. The summed E-state index contributed by atoms with van der Waals surface area (Å²) in [4.78, 5) is 5.31. The Balaban J connectivity index is 0.000000771. The molecule has 2 rings (SSSR count). The smallest absolute Gasteiger partial charge is 0.00421 e. The van der Waals surface area contributed by atoms with Crippen LogP contribution >= 0.6 is 0 Å². The zero-order valence-electron chi connectivity index (χ0n) is 13.5. The fraction of sp³-hybridized carbons (Fsp3) is 1.00. The molecule has 0 bridgehead atoms. The molecule has 2 saturated heterocycles. The Bertz CT molecular complexity index is 227. The van der Waals surface area contributed by atoms with Crippen molar-refractivity contribution in [3.05, 3.63) is 0 Å². The predicted octanol–water partition coefficient (Wildman–Crippen LogP) is 3.62. The topological polar surface area (TPSA) is 6.48 Å². The summed E-state index contributed by atoms with van der Waals surface area (Å²) in [5.41, 5.74) is 0.676. The molecule has 2 nitrogen and oxygen atoms in total. The molecule has 0 atom stereocenters. The molecular weight excluding hydrogens is 220 g/mol. The Morgan fingerprint density at radius 1 is 0.722 bits per heavy atom. The molecule has 2 heterocycles. The second kappa shape index (κ2) is 6.91. The lowest BCUT2D eigenvalue weighted by molar-refractivity contribution is 0.0838. The fourth-order valence-electron chi connectivity index (χ4n) is 3.33. The minimum atomic E-state index is 0.676. The molecule has 2 aliphatic rings. The van der Waals surface area contributed by atoms with Crippen LogP contribution in [0.15, 0.2) is 0 Å². The zero-order chi connectivity index (χ0) is 13.8. The quantitative estimate of drug-likeness (QED) is 0.742. The maximum absolute atomic E-state index is 2.67. The van der Waals surface area contributed by atoms with Crippen molar-refractivity contribution in [3.63, 3.8) is 0 Å². The van der Waals surface area contributed by atoms with E-state index in [1.807, 2.05) is 13.8 Å². The van der Waals surface area contributed by atoms with Gasteiger partial charge in [-0.15, -0.1) is 0 Å². The first-order chi connectivity index (χ1) is 8.52. The maximum atomic E-state index is 2.67. The largest absolute Gasteiger partial charge is 0.301 e. The van der Waals surface area contributed by atoms with E-state index >= 15 is 0 Å². The van der Waals surface area contributed by atoms with Crippen molar-refractivity contribution in [2.75, 3.05) is 26.2 Å². The average molecular weight is 254 g/mol. The Hall–Kier alpha value is -0.0800. The van der Waals surface area contributed by atoms with E-state index in [1.165, 1.54) is 45.4 Å². The van der Waals surface area contributed by atoms with E-state index in [0.717, 1.165) is 12.1 Å². The fourth-order valence-corrected chi connectivity index (χ4v) is 3.33. The van der Waals surface area contributed by atoms with Gasteiger partial charge in [0.05, 0.1) is 0 Å². The van der Waals surface area contributed by atoms with Gasteiger partial charge in [-0.25, -0.2) is 0 Å². The van der Waals surface area contributed by atoms with Crippen LogP contribution in [0.1, 0.15) is 60.8 Å². The standard InChI is InChI=1S/C14H28N2.C2H6/c1-12(2)15-8-5-14(6-9-15)7-10-16(11-14)13(3)4;1-2/h12-13H,5-11H2,1-4H3;1-2H3. The van der Waals surface area contributed by atoms with Crippen molar-refractivity contribution in [2.24, 2.45) is 5.41 Å². The van der Waals surface area contributed by atoms with Gasteiger partial charge in [-0.05, 0) is 72.0 Å². The van der Waals surface area contributed by atoms with E-state index in [9.17, 15) is 0 Å². The highest BCUT2D eigenvalue weighted by Gasteiger charge is 2.41. The molecule has 18 heavy (non-hydrogen) atoms. The van der Waals surface area contributed by atoms with Crippen molar-refractivity contribution < 1.29 is 0 Å². The first kappa shape index (κ1) is 16.0. The third-order valence-corrected chi connectivity index (χ3v) is 4.79. The molecule has 0 aromatic rings. The highest BCUT2D eigenvalue weighted by Crippen LogP contribution is 2.41. The summed E-state index contributed by atoms with van der Waals surface area (Å²) in [7, 11) is 0. The van der Waals surface area contributed by atoms with Crippen molar-refractivity contribution in [2.45, 2.75) is 72.9 Å². The van der Waals surface area contributed by atoms with E-state index in [0.29, 0.717) is 5.41 Å². The summed E-state index contributed by atoms with van der Waals surface area (Å²) in [6, 6.07) is 1.47. The van der Waals surface area contributed by atoms with Crippen LogP contribution in [0.25, 0.3) is 0 Å². The van der Waals surface area contributed by atoms with E-state index in [1.54, 1.807) is 0 Å². The lowest BCUT2D eigenvalue weighted by atomic mass is 9.77. The van der Waals surface area contributed by atoms with Gasteiger partial charge in [0.25, 0.3) is 0 Å². The molecule has 2 aliphatic heterocycles. The van der Waals surface area contributed by atoms with Crippen LogP contribution in [-0.2, 0) is 0 Å². The summed E-state index contributed by atoms with van der Waals surface area (Å²) in [5.74, 6) is 0. The maximum Gasteiger partial charge on any atom is 0.00421 e. The van der Waals surface area contributed by atoms with Crippen LogP contribution in [-0.4, -0.2) is 48.1 Å². The van der Waals surface area contributed by atoms with Gasteiger partial charge >= 0.3 is 0 Å². The van der Waals surface area contributed by atoms with Gasteiger partial charge in [-0.2, -0.15) is 0 Å². The van der Waals surface area contributed by atoms with Crippen molar-refractivity contribution in [3.8, 4) is 0 Å². The third-order valence-electron chi connectivity index (χ3n) is 4.79. The third kappa shape index (κ3) is 3.71. The Morgan fingerprint density at radius 3 is 1.44 bits per heavy atom. The van der Waals surface area contributed by atoms with Gasteiger partial charge in [-0.3, -0.25) is 0 Å².